The van der Waals surface area contributed by atoms with Crippen molar-refractivity contribution in [3.8, 4) is 0 Å². The highest BCUT2D eigenvalue weighted by atomic mass is 35.5. The molecule has 108 valence electrons. The fraction of sp³-hybridized carbons (Fsp3) is 0.214. The van der Waals surface area contributed by atoms with Crippen LogP contribution in [0.3, 0.4) is 0 Å². The first-order chi connectivity index (χ1) is 10.1. The molecule has 1 fully saturated rings. The highest BCUT2D eigenvalue weighted by molar-refractivity contribution is 6.40. The number of amides is 1. The first kappa shape index (κ1) is 14.1. The van der Waals surface area contributed by atoms with Gasteiger partial charge in [-0.15, -0.1) is 0 Å². The smallest absolute Gasteiger partial charge is 0.259 e. The zero-order chi connectivity index (χ0) is 14.8. The average molecular weight is 323 g/mol. The van der Waals surface area contributed by atoms with Crippen LogP contribution in [0.4, 0.5) is 11.8 Å². The van der Waals surface area contributed by atoms with Gasteiger partial charge in [0, 0.05) is 12.2 Å². The number of anilines is 2. The molecule has 1 amide bonds. The van der Waals surface area contributed by atoms with Gasteiger partial charge >= 0.3 is 0 Å². The predicted octanol–water partition coefficient (Wildman–Crippen LogP) is 3.61. The van der Waals surface area contributed by atoms with Crippen molar-refractivity contribution in [2.24, 2.45) is 0 Å². The summed E-state index contributed by atoms with van der Waals surface area (Å²) in [6, 6.07) is 6.96. The van der Waals surface area contributed by atoms with Crippen molar-refractivity contribution in [1.29, 1.82) is 0 Å². The summed E-state index contributed by atoms with van der Waals surface area (Å²) in [4.78, 5) is 20.6. The number of rotatable bonds is 4. The van der Waals surface area contributed by atoms with E-state index in [9.17, 15) is 4.79 Å². The van der Waals surface area contributed by atoms with Gasteiger partial charge in [-0.2, -0.15) is 4.98 Å². The average Bonchev–Trinajstić information content (AvgIpc) is 3.23. The van der Waals surface area contributed by atoms with Crippen molar-refractivity contribution in [3.05, 3.63) is 46.1 Å². The fourth-order valence-electron chi connectivity index (χ4n) is 1.80. The minimum Gasteiger partial charge on any atom is -0.351 e. The van der Waals surface area contributed by atoms with E-state index in [1.165, 1.54) is 0 Å². The second kappa shape index (κ2) is 5.87. The standard InChI is InChI=1S/C14H12Cl2N4O/c15-9-2-1-3-10(16)12(9)13(21)19-11-6-7-17-14(20-11)18-8-4-5-8/h1-3,6-8H,4-5H2,(H2,17,18,19,20,21). The summed E-state index contributed by atoms with van der Waals surface area (Å²) in [5.74, 6) is 0.497. The number of nitrogens with one attached hydrogen (secondary N) is 2. The maximum absolute atomic E-state index is 12.2. The van der Waals surface area contributed by atoms with E-state index in [1.807, 2.05) is 0 Å². The molecule has 1 aliphatic rings. The first-order valence-corrected chi connectivity index (χ1v) is 7.24. The van der Waals surface area contributed by atoms with Crippen LogP contribution in [0.5, 0.6) is 0 Å². The predicted molar refractivity (Wildman–Crippen MR) is 83.1 cm³/mol. The molecule has 0 spiro atoms. The summed E-state index contributed by atoms with van der Waals surface area (Å²) in [5, 5.41) is 6.43. The number of carbonyl (C=O) groups is 1. The molecule has 1 saturated carbocycles. The van der Waals surface area contributed by atoms with Crippen LogP contribution < -0.4 is 10.6 Å². The molecule has 21 heavy (non-hydrogen) atoms. The third-order valence-corrected chi connectivity index (χ3v) is 3.63. The van der Waals surface area contributed by atoms with Gasteiger partial charge < -0.3 is 10.6 Å². The van der Waals surface area contributed by atoms with Crippen LogP contribution in [-0.4, -0.2) is 21.9 Å². The molecule has 2 aromatic rings. The van der Waals surface area contributed by atoms with Crippen molar-refractivity contribution in [3.63, 3.8) is 0 Å². The summed E-state index contributed by atoms with van der Waals surface area (Å²) in [7, 11) is 0. The Hall–Kier alpha value is -1.85. The molecule has 1 aliphatic carbocycles. The second-order valence-corrected chi connectivity index (χ2v) is 5.55. The molecule has 0 radical (unpaired) electrons. The molecule has 1 aromatic carbocycles. The van der Waals surface area contributed by atoms with Gasteiger partial charge in [0.25, 0.3) is 5.91 Å². The molecule has 0 saturated heterocycles. The van der Waals surface area contributed by atoms with E-state index in [0.29, 0.717) is 27.9 Å². The molecule has 1 aromatic heterocycles. The van der Waals surface area contributed by atoms with Gasteiger partial charge in [-0.1, -0.05) is 29.3 Å². The van der Waals surface area contributed by atoms with Crippen LogP contribution in [0, 0.1) is 0 Å². The Labute approximate surface area is 131 Å². The Kier molecular flexibility index (Phi) is 3.94. The third-order valence-electron chi connectivity index (χ3n) is 3.00. The number of benzene rings is 1. The maximum Gasteiger partial charge on any atom is 0.259 e. The number of halogens is 2. The first-order valence-electron chi connectivity index (χ1n) is 6.48. The molecule has 0 unspecified atom stereocenters. The summed E-state index contributed by atoms with van der Waals surface area (Å²) >= 11 is 12.0. The van der Waals surface area contributed by atoms with Crippen molar-refractivity contribution in [1.82, 2.24) is 9.97 Å². The van der Waals surface area contributed by atoms with Gasteiger partial charge in [0.15, 0.2) is 0 Å². The van der Waals surface area contributed by atoms with E-state index in [4.69, 9.17) is 23.2 Å². The van der Waals surface area contributed by atoms with Gasteiger partial charge in [0.1, 0.15) is 5.82 Å². The third kappa shape index (κ3) is 3.43. The monoisotopic (exact) mass is 322 g/mol. The van der Waals surface area contributed by atoms with Crippen LogP contribution in [0.1, 0.15) is 23.2 Å². The number of aromatic nitrogens is 2. The Morgan fingerprint density at radius 1 is 1.19 bits per heavy atom. The lowest BCUT2D eigenvalue weighted by atomic mass is 10.2. The van der Waals surface area contributed by atoms with Gasteiger partial charge in [0.05, 0.1) is 15.6 Å². The Morgan fingerprint density at radius 2 is 1.90 bits per heavy atom. The van der Waals surface area contributed by atoms with Crippen LogP contribution in [0.25, 0.3) is 0 Å². The summed E-state index contributed by atoms with van der Waals surface area (Å²) in [6.45, 7) is 0. The molecule has 0 bridgehead atoms. The largest absolute Gasteiger partial charge is 0.351 e. The van der Waals surface area contributed by atoms with E-state index in [0.717, 1.165) is 12.8 Å². The number of carbonyl (C=O) groups excluding carboxylic acids is 1. The SMILES string of the molecule is O=C(Nc1ccnc(NC2CC2)n1)c1c(Cl)cccc1Cl. The quantitative estimate of drug-likeness (QED) is 0.902. The van der Waals surface area contributed by atoms with Crippen molar-refractivity contribution < 1.29 is 4.79 Å². The highest BCUT2D eigenvalue weighted by Gasteiger charge is 2.22. The van der Waals surface area contributed by atoms with Crippen LogP contribution in [-0.2, 0) is 0 Å². The topological polar surface area (TPSA) is 66.9 Å². The molecular formula is C14H12Cl2N4O. The van der Waals surface area contributed by atoms with Crippen LogP contribution in [0.2, 0.25) is 10.0 Å². The van der Waals surface area contributed by atoms with Crippen molar-refractivity contribution in [2.45, 2.75) is 18.9 Å². The fourth-order valence-corrected chi connectivity index (χ4v) is 2.37. The molecule has 0 atom stereocenters. The van der Waals surface area contributed by atoms with Gasteiger partial charge in [-0.05, 0) is 31.0 Å². The summed E-state index contributed by atoms with van der Waals surface area (Å²) in [5.41, 5.74) is 0.233. The minimum absolute atomic E-state index is 0.233. The van der Waals surface area contributed by atoms with Crippen molar-refractivity contribution >= 4 is 40.9 Å². The van der Waals surface area contributed by atoms with Gasteiger partial charge in [-0.25, -0.2) is 4.98 Å². The normalized spacial score (nSPS) is 13.8. The van der Waals surface area contributed by atoms with Gasteiger partial charge in [0.2, 0.25) is 5.95 Å². The zero-order valence-corrected chi connectivity index (χ0v) is 12.4. The van der Waals surface area contributed by atoms with E-state index >= 15 is 0 Å². The Bertz CT molecular complexity index is 668. The molecule has 1 heterocycles. The number of hydrogen-bond donors (Lipinski definition) is 2. The van der Waals surface area contributed by atoms with E-state index in [2.05, 4.69) is 20.6 Å². The summed E-state index contributed by atoms with van der Waals surface area (Å²) in [6.07, 6.45) is 3.83. The van der Waals surface area contributed by atoms with Crippen molar-refractivity contribution in [2.75, 3.05) is 10.6 Å². The number of hydrogen-bond acceptors (Lipinski definition) is 4. The Morgan fingerprint density at radius 3 is 2.57 bits per heavy atom. The second-order valence-electron chi connectivity index (χ2n) is 4.73. The number of nitrogens with zero attached hydrogens (tertiary/aromatic N) is 2. The lowest BCUT2D eigenvalue weighted by Gasteiger charge is -2.09. The molecule has 3 rings (SSSR count). The molecule has 7 heteroatoms. The van der Waals surface area contributed by atoms with Crippen LogP contribution >= 0.6 is 23.2 Å². The lowest BCUT2D eigenvalue weighted by molar-refractivity contribution is 0.102. The van der Waals surface area contributed by atoms with Gasteiger partial charge in [-0.3, -0.25) is 4.79 Å². The van der Waals surface area contributed by atoms with E-state index < -0.39 is 5.91 Å². The minimum atomic E-state index is -0.401. The summed E-state index contributed by atoms with van der Waals surface area (Å²) < 4.78 is 0. The molecule has 0 aliphatic heterocycles. The Balaban J connectivity index is 1.77. The van der Waals surface area contributed by atoms with Crippen LogP contribution in [0.15, 0.2) is 30.5 Å². The maximum atomic E-state index is 12.2. The lowest BCUT2D eigenvalue weighted by Crippen LogP contribution is -2.15. The molecule has 5 nitrogen and oxygen atoms in total. The van der Waals surface area contributed by atoms with E-state index in [-0.39, 0.29) is 5.56 Å². The van der Waals surface area contributed by atoms with E-state index in [1.54, 1.807) is 30.5 Å². The molecular weight excluding hydrogens is 311 g/mol. The zero-order valence-electron chi connectivity index (χ0n) is 10.9. The molecule has 2 N–H and O–H groups in total. The highest BCUT2D eigenvalue weighted by Crippen LogP contribution is 2.26.